The number of rotatable bonds is 14. The molecule has 2 N–H and O–H groups in total. The van der Waals surface area contributed by atoms with Crippen LogP contribution in [0.5, 0.6) is 0 Å². The molecule has 0 radical (unpaired) electrons. The van der Waals surface area contributed by atoms with E-state index >= 15 is 0 Å². The largest absolute Gasteiger partial charge is 0.445 e. The summed E-state index contributed by atoms with van der Waals surface area (Å²) in [5, 5.41) is 34.2. The number of nitrogens with zero attached hydrogens (tertiary/aromatic N) is 5. The third kappa shape index (κ3) is 11.2. The molecule has 2 aliphatic heterocycles. The van der Waals surface area contributed by atoms with Crippen LogP contribution in [0.2, 0.25) is 0 Å². The number of nitro benzene ring substituents is 2. The molecule has 56 heavy (non-hydrogen) atoms. The number of likely N-dealkylation sites (tertiary alicyclic amines) is 1. The molecule has 296 valence electrons. The first-order valence-corrected chi connectivity index (χ1v) is 18.6. The lowest BCUT2D eigenvalue weighted by molar-refractivity contribution is -0.385. The lowest BCUT2D eigenvalue weighted by atomic mass is 10.1. The molecule has 2 aliphatic rings. The molecular formula is C37H40N6O12S. The average Bonchev–Trinajstić information content (AvgIpc) is 3.64. The zero-order valence-corrected chi connectivity index (χ0v) is 30.9. The summed E-state index contributed by atoms with van der Waals surface area (Å²) in [7, 11) is 0. The number of nitro groups is 2. The van der Waals surface area contributed by atoms with Gasteiger partial charge in [0.2, 0.25) is 11.0 Å². The molecule has 0 unspecified atom stereocenters. The van der Waals surface area contributed by atoms with Crippen molar-refractivity contribution in [2.45, 2.75) is 49.9 Å². The number of aliphatic hydroxyl groups excluding tert-OH is 1. The van der Waals surface area contributed by atoms with Gasteiger partial charge in [-0.2, -0.15) is 0 Å². The van der Waals surface area contributed by atoms with Crippen molar-refractivity contribution in [3.63, 3.8) is 0 Å². The van der Waals surface area contributed by atoms with Gasteiger partial charge in [0.15, 0.2) is 0 Å². The van der Waals surface area contributed by atoms with Crippen molar-refractivity contribution in [2.24, 2.45) is 0 Å². The Labute approximate surface area is 325 Å². The Morgan fingerprint density at radius 1 is 0.804 bits per heavy atom. The predicted molar refractivity (Wildman–Crippen MR) is 200 cm³/mol. The molecule has 2 heterocycles. The van der Waals surface area contributed by atoms with E-state index in [9.17, 15) is 49.3 Å². The van der Waals surface area contributed by atoms with Gasteiger partial charge in [-0.25, -0.2) is 9.59 Å². The minimum Gasteiger partial charge on any atom is -0.445 e. The molecule has 18 nitrogen and oxygen atoms in total. The predicted octanol–water partition coefficient (Wildman–Crippen LogP) is 3.89. The highest BCUT2D eigenvalue weighted by Gasteiger charge is 2.44. The second kappa shape index (κ2) is 19.5. The summed E-state index contributed by atoms with van der Waals surface area (Å²) >= 11 is 1.04. The van der Waals surface area contributed by atoms with Gasteiger partial charge in [-0.15, -0.1) is 0 Å². The van der Waals surface area contributed by atoms with Crippen LogP contribution in [0.3, 0.4) is 0 Å². The Kier molecular flexibility index (Phi) is 14.3. The van der Waals surface area contributed by atoms with E-state index in [2.05, 4.69) is 5.32 Å². The number of nitrogens with one attached hydrogen (secondary N) is 1. The summed E-state index contributed by atoms with van der Waals surface area (Å²) in [6.07, 6.45) is -2.34. The first-order chi connectivity index (χ1) is 26.9. The van der Waals surface area contributed by atoms with Crippen LogP contribution in [-0.4, -0.2) is 115 Å². The van der Waals surface area contributed by atoms with Gasteiger partial charge >= 0.3 is 12.2 Å². The molecule has 0 aliphatic carbocycles. The van der Waals surface area contributed by atoms with Crippen molar-refractivity contribution in [1.29, 1.82) is 0 Å². The van der Waals surface area contributed by atoms with Gasteiger partial charge in [-0.3, -0.25) is 39.5 Å². The molecule has 3 aromatic carbocycles. The van der Waals surface area contributed by atoms with Gasteiger partial charge in [0.05, 0.1) is 9.85 Å². The lowest BCUT2D eigenvalue weighted by Crippen LogP contribution is -2.56. The maximum Gasteiger partial charge on any atom is 0.410 e. The molecule has 5 rings (SSSR count). The van der Waals surface area contributed by atoms with Gasteiger partial charge in [0.25, 0.3) is 17.3 Å². The highest BCUT2D eigenvalue weighted by atomic mass is 32.2. The fourth-order valence-corrected chi connectivity index (χ4v) is 7.23. The number of piperazine rings is 1. The Bertz CT molecular complexity index is 1890. The van der Waals surface area contributed by atoms with Gasteiger partial charge in [0, 0.05) is 74.3 Å². The standard InChI is InChI=1S/C37H40N6O12S/c44-32(7-4-16-38-36(48)54-23-25-8-12-28(13-9-25)42(50)51)34(46)40-19-17-39(18-20-40)33(45)31-21-30(56-35(47)27-5-2-1-3-6-27)22-41(31)37(49)55-24-26-10-14-29(15-11-26)43(52)53/h1-3,5-6,8-15,30-32,44H,4,7,16-24H2,(H,38,48)/t30-,31-,32-/m0/s1. The summed E-state index contributed by atoms with van der Waals surface area (Å²) < 4.78 is 10.6. The number of non-ortho nitro benzene ring substituents is 2. The van der Waals surface area contributed by atoms with E-state index in [1.165, 1.54) is 63.2 Å². The smallest absolute Gasteiger partial charge is 0.410 e. The zero-order chi connectivity index (χ0) is 40.2. The summed E-state index contributed by atoms with van der Waals surface area (Å²) in [5.41, 5.74) is 1.36. The van der Waals surface area contributed by atoms with Crippen LogP contribution in [0.4, 0.5) is 21.0 Å². The third-order valence-corrected chi connectivity index (χ3v) is 10.3. The normalized spacial score (nSPS) is 17.1. The van der Waals surface area contributed by atoms with Gasteiger partial charge < -0.3 is 29.7 Å². The summed E-state index contributed by atoms with van der Waals surface area (Å²) in [6.45, 7) is 0.451. The van der Waals surface area contributed by atoms with E-state index in [1.54, 1.807) is 30.3 Å². The minimum atomic E-state index is -1.34. The van der Waals surface area contributed by atoms with Crippen LogP contribution in [0, 0.1) is 20.2 Å². The number of carbonyl (C=O) groups is 5. The quantitative estimate of drug-likeness (QED) is 0.134. The van der Waals surface area contributed by atoms with Crippen molar-refractivity contribution in [3.8, 4) is 0 Å². The Balaban J connectivity index is 1.09. The van der Waals surface area contributed by atoms with E-state index in [4.69, 9.17) is 9.47 Å². The molecule has 0 saturated carbocycles. The molecule has 2 fully saturated rings. The van der Waals surface area contributed by atoms with Gasteiger partial charge in [0.1, 0.15) is 25.4 Å². The average molecular weight is 793 g/mol. The van der Waals surface area contributed by atoms with Gasteiger partial charge in [-0.1, -0.05) is 42.1 Å². The third-order valence-electron chi connectivity index (χ3n) is 9.20. The zero-order valence-electron chi connectivity index (χ0n) is 30.1. The highest BCUT2D eigenvalue weighted by Crippen LogP contribution is 2.32. The summed E-state index contributed by atoms with van der Waals surface area (Å²) in [5.74, 6) is -0.891. The fourth-order valence-electron chi connectivity index (χ4n) is 6.15. The molecule has 3 aromatic rings. The number of amides is 4. The van der Waals surface area contributed by atoms with Crippen LogP contribution >= 0.6 is 11.8 Å². The van der Waals surface area contributed by atoms with Crippen molar-refractivity contribution in [1.82, 2.24) is 20.0 Å². The molecule has 0 bridgehead atoms. The second-order valence-electron chi connectivity index (χ2n) is 13.0. The number of hydrogen-bond donors (Lipinski definition) is 2. The number of hydrogen-bond acceptors (Lipinski definition) is 13. The van der Waals surface area contributed by atoms with Gasteiger partial charge in [-0.05, 0) is 54.7 Å². The van der Waals surface area contributed by atoms with E-state index in [0.717, 1.165) is 11.8 Å². The number of benzene rings is 3. The van der Waals surface area contributed by atoms with Crippen molar-refractivity contribution < 1.29 is 48.4 Å². The number of ether oxygens (including phenoxy) is 2. The van der Waals surface area contributed by atoms with Crippen LogP contribution < -0.4 is 5.32 Å². The molecule has 4 amide bonds. The monoisotopic (exact) mass is 792 g/mol. The van der Waals surface area contributed by atoms with Crippen molar-refractivity contribution in [2.75, 3.05) is 39.3 Å². The van der Waals surface area contributed by atoms with E-state index < -0.39 is 45.3 Å². The van der Waals surface area contributed by atoms with Crippen molar-refractivity contribution >= 4 is 52.3 Å². The minimum absolute atomic E-state index is 0.0559. The van der Waals surface area contributed by atoms with Crippen LogP contribution in [0.1, 0.15) is 40.7 Å². The fraction of sp³-hybridized carbons (Fsp3) is 0.378. The Morgan fingerprint density at radius 2 is 1.36 bits per heavy atom. The SMILES string of the molecule is O=C(NCCC[C@H](O)C(=O)N1CCN(C(=O)[C@@H]2C[C@H](SC(=O)c3ccccc3)CN2C(=O)OCc2ccc([N+](=O)[O-])cc2)CC1)OCc1ccc([N+](=O)[O-])cc1. The van der Waals surface area contributed by atoms with E-state index in [1.807, 2.05) is 0 Å². The van der Waals surface area contributed by atoms with E-state index in [-0.39, 0.29) is 94.1 Å². The first-order valence-electron chi connectivity index (χ1n) is 17.7. The van der Waals surface area contributed by atoms with Crippen molar-refractivity contribution in [3.05, 3.63) is 116 Å². The molecule has 3 atom stereocenters. The van der Waals surface area contributed by atoms with Crippen LogP contribution in [0.25, 0.3) is 0 Å². The number of aliphatic hydroxyl groups is 1. The summed E-state index contributed by atoms with van der Waals surface area (Å²) in [4.78, 5) is 90.3. The number of thioether (sulfide) groups is 1. The van der Waals surface area contributed by atoms with Crippen LogP contribution in [-0.2, 0) is 32.3 Å². The Hall–Kier alpha value is -6.08. The topological polar surface area (TPSA) is 232 Å². The lowest BCUT2D eigenvalue weighted by Gasteiger charge is -2.37. The number of alkyl carbamates (subject to hydrolysis) is 1. The highest BCUT2D eigenvalue weighted by molar-refractivity contribution is 8.14. The molecule has 0 spiro atoms. The van der Waals surface area contributed by atoms with Crippen LogP contribution in [0.15, 0.2) is 78.9 Å². The molecule has 0 aromatic heterocycles. The maximum atomic E-state index is 13.9. The molecule has 2 saturated heterocycles. The number of carbonyl (C=O) groups excluding carboxylic acids is 5. The maximum absolute atomic E-state index is 13.9. The molecule has 19 heteroatoms. The Morgan fingerprint density at radius 3 is 1.93 bits per heavy atom. The summed E-state index contributed by atoms with van der Waals surface area (Å²) in [6, 6.07) is 18.8. The molecular weight excluding hydrogens is 753 g/mol. The second-order valence-corrected chi connectivity index (χ2v) is 14.3. The van der Waals surface area contributed by atoms with E-state index in [0.29, 0.717) is 16.7 Å². The first kappa shape index (κ1) is 41.1.